The number of carbonyl (C=O) groups is 1. The van der Waals surface area contributed by atoms with Crippen molar-refractivity contribution in [2.75, 3.05) is 41.8 Å². The molecule has 3 aliphatic rings. The summed E-state index contributed by atoms with van der Waals surface area (Å²) in [6, 6.07) is 0. The molecule has 0 bridgehead atoms. The van der Waals surface area contributed by atoms with Gasteiger partial charge >= 0.3 is 0 Å². The van der Waals surface area contributed by atoms with Gasteiger partial charge in [-0.25, -0.2) is 15.0 Å². The number of nitrogens with one attached hydrogen (secondary N) is 3. The highest BCUT2D eigenvalue weighted by molar-refractivity contribution is 5.76. The van der Waals surface area contributed by atoms with Crippen LogP contribution in [-0.2, 0) is 30.7 Å². The normalized spacial score (nSPS) is 16.8. The van der Waals surface area contributed by atoms with Gasteiger partial charge in [0, 0.05) is 49.1 Å². The van der Waals surface area contributed by atoms with E-state index in [4.69, 9.17) is 14.8 Å². The molecule has 188 valence electrons. The van der Waals surface area contributed by atoms with Crippen LogP contribution in [0.5, 0.6) is 5.88 Å². The zero-order valence-electron chi connectivity index (χ0n) is 20.9. The Kier molecular flexibility index (Phi) is 5.62. The zero-order valence-corrected chi connectivity index (χ0v) is 20.9. The van der Waals surface area contributed by atoms with E-state index in [0.29, 0.717) is 31.5 Å². The van der Waals surface area contributed by atoms with Crippen LogP contribution in [0.2, 0.25) is 0 Å². The lowest BCUT2D eigenvalue weighted by atomic mass is 10.0. The van der Waals surface area contributed by atoms with E-state index in [-0.39, 0.29) is 18.4 Å². The van der Waals surface area contributed by atoms with Crippen molar-refractivity contribution in [3.63, 3.8) is 0 Å². The van der Waals surface area contributed by atoms with Gasteiger partial charge in [0.15, 0.2) is 5.82 Å². The number of anilines is 4. The van der Waals surface area contributed by atoms with E-state index in [9.17, 15) is 4.79 Å². The van der Waals surface area contributed by atoms with Crippen LogP contribution in [0.15, 0.2) is 12.4 Å². The molecule has 0 saturated heterocycles. The highest BCUT2D eigenvalue weighted by Crippen LogP contribution is 2.36. The van der Waals surface area contributed by atoms with Crippen LogP contribution in [0, 0.1) is 6.92 Å². The number of nitrogens with zero attached hydrogens (tertiary/aromatic N) is 6. The first-order valence-electron chi connectivity index (χ1n) is 12.6. The van der Waals surface area contributed by atoms with Gasteiger partial charge in [0.05, 0.1) is 24.1 Å². The number of pyridine rings is 1. The van der Waals surface area contributed by atoms with Crippen molar-refractivity contribution in [1.82, 2.24) is 30.0 Å². The fourth-order valence-corrected chi connectivity index (χ4v) is 5.32. The van der Waals surface area contributed by atoms with Gasteiger partial charge in [-0.2, -0.15) is 5.10 Å². The number of ether oxygens (including phenoxy) is 1. The number of amides is 1. The Morgan fingerprint density at radius 2 is 2.00 bits per heavy atom. The Hall–Kier alpha value is -3.89. The van der Waals surface area contributed by atoms with Crippen LogP contribution in [-0.4, -0.2) is 56.9 Å². The molecule has 0 aliphatic carbocycles. The first kappa shape index (κ1) is 22.6. The average molecular weight is 490 g/mol. The fraction of sp³-hybridized carbons (Fsp3) is 0.480. The predicted molar refractivity (Wildman–Crippen MR) is 136 cm³/mol. The first-order valence-corrected chi connectivity index (χ1v) is 12.6. The van der Waals surface area contributed by atoms with E-state index in [1.54, 1.807) is 0 Å². The Balaban J connectivity index is 1.27. The molecule has 6 heterocycles. The van der Waals surface area contributed by atoms with Crippen LogP contribution in [0.1, 0.15) is 47.8 Å². The highest BCUT2D eigenvalue weighted by Gasteiger charge is 2.26. The molecule has 0 aromatic carbocycles. The summed E-state index contributed by atoms with van der Waals surface area (Å²) in [5, 5.41) is 14.4. The standard InChI is InChI=1S/C25H31N9O2/c1-14(2)21-18-4-6-26-20(35)13-34(18)32-23(21)31-25-29-10-16-5-8-33(12-17(16)30-25)19-11-28-24-22(15(19)3)27-7-9-36-24/h10-11,14,27H,4-9,12-13H2,1-3H3,(H,26,35)(H,29,30,31,32). The summed E-state index contributed by atoms with van der Waals surface area (Å²) in [6.45, 7) is 10.2. The number of fused-ring (bicyclic) bond motifs is 3. The van der Waals surface area contributed by atoms with Gasteiger partial charge in [0.1, 0.15) is 18.8 Å². The number of hydrogen-bond acceptors (Lipinski definition) is 9. The van der Waals surface area contributed by atoms with Crippen LogP contribution in [0.25, 0.3) is 0 Å². The molecule has 1 amide bonds. The van der Waals surface area contributed by atoms with Crippen molar-refractivity contribution in [2.24, 2.45) is 0 Å². The summed E-state index contributed by atoms with van der Waals surface area (Å²) < 4.78 is 7.50. The monoisotopic (exact) mass is 489 g/mol. The summed E-state index contributed by atoms with van der Waals surface area (Å²) in [5.74, 6) is 2.14. The minimum atomic E-state index is -0.0167. The summed E-state index contributed by atoms with van der Waals surface area (Å²) in [7, 11) is 0. The molecule has 3 aromatic rings. The quantitative estimate of drug-likeness (QED) is 0.507. The van der Waals surface area contributed by atoms with E-state index in [0.717, 1.165) is 71.2 Å². The zero-order chi connectivity index (χ0) is 24.8. The topological polar surface area (TPSA) is 122 Å². The van der Waals surface area contributed by atoms with Crippen LogP contribution >= 0.6 is 0 Å². The maximum atomic E-state index is 12.1. The Bertz CT molecular complexity index is 1330. The summed E-state index contributed by atoms with van der Waals surface area (Å²) in [4.78, 5) is 28.4. The largest absolute Gasteiger partial charge is 0.474 e. The van der Waals surface area contributed by atoms with Crippen LogP contribution in [0.4, 0.5) is 23.1 Å². The van der Waals surface area contributed by atoms with Crippen molar-refractivity contribution in [3.8, 4) is 5.88 Å². The minimum absolute atomic E-state index is 0.0167. The number of carbonyl (C=O) groups excluding carboxylic acids is 1. The lowest BCUT2D eigenvalue weighted by Crippen LogP contribution is -2.32. The summed E-state index contributed by atoms with van der Waals surface area (Å²) in [5.41, 5.74) is 7.55. The van der Waals surface area contributed by atoms with E-state index < -0.39 is 0 Å². The first-order chi connectivity index (χ1) is 17.5. The number of hydrogen-bond donors (Lipinski definition) is 3. The molecule has 6 rings (SSSR count). The predicted octanol–water partition coefficient (Wildman–Crippen LogP) is 2.28. The molecule has 0 unspecified atom stereocenters. The molecule has 0 spiro atoms. The van der Waals surface area contributed by atoms with Gasteiger partial charge in [0.2, 0.25) is 17.7 Å². The van der Waals surface area contributed by atoms with E-state index in [2.05, 4.69) is 51.6 Å². The third-order valence-corrected chi connectivity index (χ3v) is 7.09. The minimum Gasteiger partial charge on any atom is -0.474 e. The fourth-order valence-electron chi connectivity index (χ4n) is 5.32. The van der Waals surface area contributed by atoms with E-state index in [1.807, 2.05) is 17.1 Å². The molecule has 3 aromatic heterocycles. The van der Waals surface area contributed by atoms with Gasteiger partial charge in [-0.15, -0.1) is 0 Å². The third kappa shape index (κ3) is 3.98. The van der Waals surface area contributed by atoms with Crippen LogP contribution < -0.4 is 25.6 Å². The second-order valence-electron chi connectivity index (χ2n) is 9.81. The molecular weight excluding hydrogens is 458 g/mol. The van der Waals surface area contributed by atoms with Gasteiger partial charge in [-0.3, -0.25) is 9.48 Å². The average Bonchev–Trinajstić information content (AvgIpc) is 3.09. The van der Waals surface area contributed by atoms with Crippen molar-refractivity contribution in [1.29, 1.82) is 0 Å². The maximum absolute atomic E-state index is 12.1. The number of rotatable bonds is 4. The SMILES string of the molecule is Cc1c(N2CCc3cnc(Nc4nn5c(c4C(C)C)CCNC(=O)C5)nc3C2)cnc2c1NCCO2. The van der Waals surface area contributed by atoms with Gasteiger partial charge in [-0.1, -0.05) is 13.8 Å². The van der Waals surface area contributed by atoms with Crippen molar-refractivity contribution < 1.29 is 9.53 Å². The lowest BCUT2D eigenvalue weighted by Gasteiger charge is -2.32. The Morgan fingerprint density at radius 3 is 2.86 bits per heavy atom. The van der Waals surface area contributed by atoms with Gasteiger partial charge in [0.25, 0.3) is 0 Å². The highest BCUT2D eigenvalue weighted by atomic mass is 16.5. The molecule has 11 nitrogen and oxygen atoms in total. The Labute approximate surface area is 209 Å². The molecule has 0 atom stereocenters. The molecule has 3 aliphatic heterocycles. The van der Waals surface area contributed by atoms with E-state index >= 15 is 0 Å². The van der Waals surface area contributed by atoms with Crippen molar-refractivity contribution >= 4 is 29.0 Å². The summed E-state index contributed by atoms with van der Waals surface area (Å²) >= 11 is 0. The number of aromatic nitrogens is 5. The Morgan fingerprint density at radius 1 is 1.11 bits per heavy atom. The van der Waals surface area contributed by atoms with E-state index in [1.165, 1.54) is 0 Å². The van der Waals surface area contributed by atoms with Crippen molar-refractivity contribution in [3.05, 3.63) is 40.5 Å². The third-order valence-electron chi connectivity index (χ3n) is 7.09. The van der Waals surface area contributed by atoms with Gasteiger partial charge in [-0.05, 0) is 24.8 Å². The smallest absolute Gasteiger partial charge is 0.241 e. The second kappa shape index (κ2) is 8.96. The van der Waals surface area contributed by atoms with Crippen molar-refractivity contribution in [2.45, 2.75) is 52.6 Å². The lowest BCUT2D eigenvalue weighted by molar-refractivity contribution is -0.121. The molecule has 3 N–H and O–H groups in total. The molecular formula is C25H31N9O2. The molecule has 0 fully saturated rings. The van der Waals surface area contributed by atoms with Gasteiger partial charge < -0.3 is 25.6 Å². The molecule has 36 heavy (non-hydrogen) atoms. The second-order valence-corrected chi connectivity index (χ2v) is 9.81. The summed E-state index contributed by atoms with van der Waals surface area (Å²) in [6.07, 6.45) is 5.43. The maximum Gasteiger partial charge on any atom is 0.241 e. The molecule has 0 saturated carbocycles. The molecule has 0 radical (unpaired) electrons. The molecule has 11 heteroatoms. The van der Waals surface area contributed by atoms with Crippen LogP contribution in [0.3, 0.4) is 0 Å².